The topological polar surface area (TPSA) is 94.8 Å². The predicted octanol–water partition coefficient (Wildman–Crippen LogP) is 3.99. The first-order valence-corrected chi connectivity index (χ1v) is 10.0. The molecule has 0 bridgehead atoms. The van der Waals surface area contributed by atoms with E-state index >= 15 is 0 Å². The van der Waals surface area contributed by atoms with E-state index < -0.39 is 23.5 Å². The summed E-state index contributed by atoms with van der Waals surface area (Å²) in [6, 6.07) is 12.8. The van der Waals surface area contributed by atoms with Crippen molar-refractivity contribution in [2.75, 3.05) is 13.7 Å². The van der Waals surface area contributed by atoms with E-state index in [4.69, 9.17) is 13.9 Å². The van der Waals surface area contributed by atoms with Crippen LogP contribution < -0.4 is 15.7 Å². The second-order valence-corrected chi connectivity index (χ2v) is 7.35. The van der Waals surface area contributed by atoms with Gasteiger partial charge in [-0.3, -0.25) is 9.59 Å². The van der Waals surface area contributed by atoms with Crippen LogP contribution in [0, 0.1) is 0 Å². The number of methoxy groups -OCH3 is 1. The Labute approximate surface area is 181 Å². The summed E-state index contributed by atoms with van der Waals surface area (Å²) in [5.74, 6) is -0.468. The van der Waals surface area contributed by atoms with Gasteiger partial charge in [-0.25, -0.2) is 4.79 Å². The van der Waals surface area contributed by atoms with Gasteiger partial charge in [0, 0.05) is 9.86 Å². The van der Waals surface area contributed by atoms with Gasteiger partial charge in [-0.05, 0) is 48.9 Å². The van der Waals surface area contributed by atoms with Crippen LogP contribution >= 0.6 is 15.9 Å². The van der Waals surface area contributed by atoms with E-state index in [0.717, 1.165) is 4.47 Å². The Morgan fingerprint density at radius 2 is 1.87 bits per heavy atom. The van der Waals surface area contributed by atoms with Crippen molar-refractivity contribution < 1.29 is 23.5 Å². The van der Waals surface area contributed by atoms with Crippen molar-refractivity contribution in [2.24, 2.45) is 0 Å². The SMILES string of the molecule is CCOC(=O)C[C@H](NC(=O)c1cc2cc(Br)ccc2oc1=O)c1ccc(OC)cc1. The number of benzene rings is 2. The standard InChI is InChI=1S/C22H20BrNO6/c1-3-29-20(25)12-18(13-4-7-16(28-2)8-5-13)24-21(26)17-11-14-10-15(23)6-9-19(14)30-22(17)27/h4-11,18H,3,12H2,1-2H3,(H,24,26)/t18-/m0/s1. The Bertz CT molecular complexity index is 1120. The second kappa shape index (κ2) is 9.58. The normalized spacial score (nSPS) is 11.7. The molecule has 1 heterocycles. The number of hydrogen-bond acceptors (Lipinski definition) is 6. The van der Waals surface area contributed by atoms with Crippen molar-refractivity contribution in [3.05, 3.63) is 74.6 Å². The molecule has 0 fully saturated rings. The second-order valence-electron chi connectivity index (χ2n) is 6.44. The van der Waals surface area contributed by atoms with Crippen LogP contribution in [0.5, 0.6) is 5.75 Å². The fraction of sp³-hybridized carbons (Fsp3) is 0.227. The van der Waals surface area contributed by atoms with Gasteiger partial charge in [0.2, 0.25) is 0 Å². The molecule has 0 saturated carbocycles. The Morgan fingerprint density at radius 3 is 2.53 bits per heavy atom. The molecule has 3 rings (SSSR count). The van der Waals surface area contributed by atoms with Crippen molar-refractivity contribution in [1.29, 1.82) is 0 Å². The third-order valence-corrected chi connectivity index (χ3v) is 4.93. The summed E-state index contributed by atoms with van der Waals surface area (Å²) < 4.78 is 16.2. The minimum atomic E-state index is -0.757. The Balaban J connectivity index is 1.91. The van der Waals surface area contributed by atoms with Crippen molar-refractivity contribution in [1.82, 2.24) is 5.32 Å². The van der Waals surface area contributed by atoms with Crippen molar-refractivity contribution in [3.63, 3.8) is 0 Å². The van der Waals surface area contributed by atoms with E-state index in [9.17, 15) is 14.4 Å². The molecule has 156 valence electrons. The zero-order valence-corrected chi connectivity index (χ0v) is 18.0. The van der Waals surface area contributed by atoms with Crippen LogP contribution in [0.15, 0.2) is 62.2 Å². The quantitative estimate of drug-likeness (QED) is 0.411. The van der Waals surface area contributed by atoms with Crippen LogP contribution in [0.4, 0.5) is 0 Å². The monoisotopic (exact) mass is 473 g/mol. The zero-order chi connectivity index (χ0) is 21.7. The van der Waals surface area contributed by atoms with Gasteiger partial charge >= 0.3 is 11.6 Å². The maximum atomic E-state index is 12.9. The molecule has 3 aromatic rings. The number of hydrogen-bond donors (Lipinski definition) is 1. The summed E-state index contributed by atoms with van der Waals surface area (Å²) in [6.07, 6.45) is -0.0869. The summed E-state index contributed by atoms with van der Waals surface area (Å²) in [6.45, 7) is 1.93. The Morgan fingerprint density at radius 1 is 1.13 bits per heavy atom. The molecule has 0 aliphatic carbocycles. The first kappa shape index (κ1) is 21.6. The largest absolute Gasteiger partial charge is 0.497 e. The van der Waals surface area contributed by atoms with Crippen LogP contribution in [-0.4, -0.2) is 25.6 Å². The molecule has 30 heavy (non-hydrogen) atoms. The highest BCUT2D eigenvalue weighted by molar-refractivity contribution is 9.10. The summed E-state index contributed by atoms with van der Waals surface area (Å²) in [7, 11) is 1.55. The number of esters is 1. The van der Waals surface area contributed by atoms with Gasteiger partial charge in [0.1, 0.15) is 16.9 Å². The van der Waals surface area contributed by atoms with E-state index in [0.29, 0.717) is 22.3 Å². The van der Waals surface area contributed by atoms with Gasteiger partial charge < -0.3 is 19.2 Å². The maximum Gasteiger partial charge on any atom is 0.349 e. The summed E-state index contributed by atoms with van der Waals surface area (Å²) in [5.41, 5.74) is 0.137. The molecule has 1 atom stereocenters. The summed E-state index contributed by atoms with van der Waals surface area (Å²) >= 11 is 3.35. The van der Waals surface area contributed by atoms with E-state index in [1.54, 1.807) is 56.5 Å². The molecule has 1 amide bonds. The molecule has 0 aliphatic heterocycles. The van der Waals surface area contributed by atoms with E-state index in [2.05, 4.69) is 21.2 Å². The molecular formula is C22H20BrNO6. The molecular weight excluding hydrogens is 454 g/mol. The van der Waals surface area contributed by atoms with Crippen molar-refractivity contribution in [2.45, 2.75) is 19.4 Å². The smallest absolute Gasteiger partial charge is 0.349 e. The molecule has 1 aromatic heterocycles. The van der Waals surface area contributed by atoms with Crippen LogP contribution in [0.25, 0.3) is 11.0 Å². The van der Waals surface area contributed by atoms with Gasteiger partial charge in [-0.2, -0.15) is 0 Å². The molecule has 2 aromatic carbocycles. The van der Waals surface area contributed by atoms with Crippen LogP contribution in [0.1, 0.15) is 35.3 Å². The van der Waals surface area contributed by atoms with Crippen LogP contribution in [0.2, 0.25) is 0 Å². The van der Waals surface area contributed by atoms with Crippen molar-refractivity contribution in [3.8, 4) is 5.75 Å². The van der Waals surface area contributed by atoms with Crippen LogP contribution in [-0.2, 0) is 9.53 Å². The van der Waals surface area contributed by atoms with E-state index in [-0.39, 0.29) is 18.6 Å². The lowest BCUT2D eigenvalue weighted by atomic mass is 10.0. The third-order valence-electron chi connectivity index (χ3n) is 4.44. The first-order valence-electron chi connectivity index (χ1n) is 9.25. The number of amides is 1. The number of halogens is 1. The Hall–Kier alpha value is -3.13. The number of ether oxygens (including phenoxy) is 2. The van der Waals surface area contributed by atoms with Gasteiger partial charge in [0.05, 0.1) is 26.2 Å². The average Bonchev–Trinajstić information content (AvgIpc) is 2.73. The summed E-state index contributed by atoms with van der Waals surface area (Å²) in [5, 5.41) is 3.34. The highest BCUT2D eigenvalue weighted by Gasteiger charge is 2.22. The maximum absolute atomic E-state index is 12.9. The Kier molecular flexibility index (Phi) is 6.89. The van der Waals surface area contributed by atoms with E-state index in [1.807, 2.05) is 0 Å². The predicted molar refractivity (Wildman–Crippen MR) is 115 cm³/mol. The highest BCUT2D eigenvalue weighted by Crippen LogP contribution is 2.23. The number of nitrogens with one attached hydrogen (secondary N) is 1. The molecule has 8 heteroatoms. The molecule has 0 spiro atoms. The molecule has 7 nitrogen and oxygen atoms in total. The number of carbonyl (C=O) groups is 2. The fourth-order valence-electron chi connectivity index (χ4n) is 2.96. The van der Waals surface area contributed by atoms with Gasteiger partial charge in [0.15, 0.2) is 0 Å². The molecule has 1 N–H and O–H groups in total. The minimum Gasteiger partial charge on any atom is -0.497 e. The molecule has 0 aliphatic rings. The van der Waals surface area contributed by atoms with Crippen molar-refractivity contribution >= 4 is 38.8 Å². The summed E-state index contributed by atoms with van der Waals surface area (Å²) in [4.78, 5) is 37.3. The van der Waals surface area contributed by atoms with Crippen LogP contribution in [0.3, 0.4) is 0 Å². The fourth-order valence-corrected chi connectivity index (χ4v) is 3.34. The third kappa shape index (κ3) is 5.07. The lowest BCUT2D eigenvalue weighted by molar-refractivity contribution is -0.143. The van der Waals surface area contributed by atoms with E-state index in [1.165, 1.54) is 6.07 Å². The van der Waals surface area contributed by atoms with Gasteiger partial charge in [0.25, 0.3) is 5.91 Å². The average molecular weight is 474 g/mol. The highest BCUT2D eigenvalue weighted by atomic mass is 79.9. The lowest BCUT2D eigenvalue weighted by Gasteiger charge is -2.19. The van der Waals surface area contributed by atoms with Gasteiger partial charge in [-0.1, -0.05) is 28.1 Å². The molecule has 0 saturated heterocycles. The lowest BCUT2D eigenvalue weighted by Crippen LogP contribution is -2.33. The molecule has 0 radical (unpaired) electrons. The number of carbonyl (C=O) groups excluding carboxylic acids is 2. The first-order chi connectivity index (χ1) is 14.4. The van der Waals surface area contributed by atoms with Gasteiger partial charge in [-0.15, -0.1) is 0 Å². The zero-order valence-electron chi connectivity index (χ0n) is 16.4. The molecule has 0 unspecified atom stereocenters. The minimum absolute atomic E-state index is 0.0869. The number of rotatable bonds is 7. The number of fused-ring (bicyclic) bond motifs is 1.